The number of nitrogens with one attached hydrogen (secondary N) is 1. The van der Waals surface area contributed by atoms with Gasteiger partial charge in [0.2, 0.25) is 0 Å². The highest BCUT2D eigenvalue weighted by Gasteiger charge is 2.41. The first-order valence-corrected chi connectivity index (χ1v) is 8.66. The molecule has 0 spiro atoms. The lowest BCUT2D eigenvalue weighted by molar-refractivity contribution is 0.186. The highest BCUT2D eigenvalue weighted by Crippen LogP contribution is 2.47. The Bertz CT molecular complexity index is 338. The molecule has 1 N–H and O–H groups in total. The Labute approximate surface area is 111 Å². The van der Waals surface area contributed by atoms with Crippen LogP contribution in [0, 0.1) is 11.3 Å². The van der Waals surface area contributed by atoms with E-state index in [1.165, 1.54) is 12.8 Å². The fourth-order valence-corrected chi connectivity index (χ4v) is 3.36. The summed E-state index contributed by atoms with van der Waals surface area (Å²) in [5.41, 5.74) is 0.121. The van der Waals surface area contributed by atoms with Crippen molar-refractivity contribution in [1.29, 1.82) is 0 Å². The van der Waals surface area contributed by atoms with Gasteiger partial charge in [-0.15, -0.1) is 0 Å². The fraction of sp³-hybridized carbons (Fsp3) is 1.00. The van der Waals surface area contributed by atoms with Crippen molar-refractivity contribution in [3.05, 3.63) is 0 Å². The summed E-state index contributed by atoms with van der Waals surface area (Å²) in [6, 6.07) is 0. The molecular weight excluding hydrogens is 250 g/mol. The van der Waals surface area contributed by atoms with Gasteiger partial charge in [-0.05, 0) is 30.6 Å². The van der Waals surface area contributed by atoms with Gasteiger partial charge in [-0.1, -0.05) is 13.8 Å². The van der Waals surface area contributed by atoms with Crippen LogP contribution in [0.2, 0.25) is 0 Å². The van der Waals surface area contributed by atoms with Crippen LogP contribution in [0.15, 0.2) is 0 Å². The van der Waals surface area contributed by atoms with Crippen molar-refractivity contribution in [2.75, 3.05) is 38.3 Å². The van der Waals surface area contributed by atoms with Crippen LogP contribution < -0.4 is 5.32 Å². The van der Waals surface area contributed by atoms with Gasteiger partial charge in [0, 0.05) is 26.0 Å². The van der Waals surface area contributed by atoms with E-state index in [1.54, 1.807) is 14.0 Å². The molecule has 108 valence electrons. The van der Waals surface area contributed by atoms with Crippen molar-refractivity contribution in [2.45, 2.75) is 33.1 Å². The molecule has 0 bridgehead atoms. The zero-order chi connectivity index (χ0) is 13.6. The summed E-state index contributed by atoms with van der Waals surface area (Å²) in [7, 11) is -1.16. The summed E-state index contributed by atoms with van der Waals surface area (Å²) in [5, 5.41) is 3.38. The lowest BCUT2D eigenvalue weighted by Gasteiger charge is -2.30. The third-order valence-corrected chi connectivity index (χ3v) is 5.70. The van der Waals surface area contributed by atoms with E-state index in [0.717, 1.165) is 19.5 Å². The van der Waals surface area contributed by atoms with Gasteiger partial charge >= 0.3 is 0 Å². The number of methoxy groups -OCH3 is 1. The molecule has 1 saturated carbocycles. The number of hydrogen-bond acceptors (Lipinski definition) is 4. The van der Waals surface area contributed by atoms with E-state index in [1.807, 2.05) is 0 Å². The van der Waals surface area contributed by atoms with Gasteiger partial charge in [-0.25, -0.2) is 8.42 Å². The quantitative estimate of drug-likeness (QED) is 0.614. The zero-order valence-electron chi connectivity index (χ0n) is 11.9. The fourth-order valence-electron chi connectivity index (χ4n) is 2.30. The normalized spacial score (nSPS) is 19.7. The van der Waals surface area contributed by atoms with Gasteiger partial charge in [0.15, 0.2) is 0 Å². The van der Waals surface area contributed by atoms with Gasteiger partial charge in [-0.2, -0.15) is 0 Å². The Morgan fingerprint density at radius 1 is 1.39 bits per heavy atom. The maximum Gasteiger partial charge on any atom is 0.150 e. The smallest absolute Gasteiger partial charge is 0.150 e. The predicted molar refractivity (Wildman–Crippen MR) is 74.5 cm³/mol. The van der Waals surface area contributed by atoms with Crippen molar-refractivity contribution >= 4 is 9.84 Å². The SMILES string of the molecule is CCS(=O)(=O)CCC(C)(CNCCOC)C1CC1. The van der Waals surface area contributed by atoms with Gasteiger partial charge < -0.3 is 10.1 Å². The molecule has 1 atom stereocenters. The van der Waals surface area contributed by atoms with Crippen molar-refractivity contribution < 1.29 is 13.2 Å². The molecular formula is C13H27NO3S. The summed E-state index contributed by atoms with van der Waals surface area (Å²) in [5.74, 6) is 1.27. The molecule has 18 heavy (non-hydrogen) atoms. The van der Waals surface area contributed by atoms with Gasteiger partial charge in [0.1, 0.15) is 9.84 Å². The zero-order valence-corrected chi connectivity index (χ0v) is 12.7. The Morgan fingerprint density at radius 2 is 2.06 bits per heavy atom. The number of sulfone groups is 1. The molecule has 0 aliphatic heterocycles. The average molecular weight is 277 g/mol. The molecule has 0 aromatic rings. The Morgan fingerprint density at radius 3 is 2.56 bits per heavy atom. The van der Waals surface area contributed by atoms with Crippen LogP contribution in [-0.4, -0.2) is 46.7 Å². The van der Waals surface area contributed by atoms with Gasteiger partial charge in [-0.3, -0.25) is 0 Å². The van der Waals surface area contributed by atoms with E-state index in [4.69, 9.17) is 4.74 Å². The molecule has 1 aliphatic rings. The first-order chi connectivity index (χ1) is 8.43. The van der Waals surface area contributed by atoms with Crippen LogP contribution in [0.3, 0.4) is 0 Å². The number of rotatable bonds is 10. The second kappa shape index (κ2) is 6.87. The topological polar surface area (TPSA) is 55.4 Å². The highest BCUT2D eigenvalue weighted by atomic mass is 32.2. The Hall–Kier alpha value is -0.130. The lowest BCUT2D eigenvalue weighted by Crippen LogP contribution is -2.36. The highest BCUT2D eigenvalue weighted by molar-refractivity contribution is 7.91. The monoisotopic (exact) mass is 277 g/mol. The van der Waals surface area contributed by atoms with Crippen LogP contribution in [0.25, 0.3) is 0 Å². The van der Waals surface area contributed by atoms with E-state index in [0.29, 0.717) is 18.3 Å². The van der Waals surface area contributed by atoms with Crippen LogP contribution in [0.4, 0.5) is 0 Å². The molecule has 0 radical (unpaired) electrons. The molecule has 5 heteroatoms. The lowest BCUT2D eigenvalue weighted by atomic mass is 9.82. The molecule has 1 unspecified atom stereocenters. The summed E-state index contributed by atoms with van der Waals surface area (Å²) in [6.45, 7) is 6.36. The van der Waals surface area contributed by atoms with Crippen molar-refractivity contribution in [3.63, 3.8) is 0 Å². The predicted octanol–water partition coefficient (Wildman–Crippen LogP) is 1.46. The molecule has 0 aromatic heterocycles. The number of hydrogen-bond donors (Lipinski definition) is 1. The van der Waals surface area contributed by atoms with Gasteiger partial charge in [0.05, 0.1) is 12.4 Å². The van der Waals surface area contributed by atoms with E-state index in [9.17, 15) is 8.42 Å². The van der Waals surface area contributed by atoms with Crippen LogP contribution in [0.1, 0.15) is 33.1 Å². The van der Waals surface area contributed by atoms with E-state index in [2.05, 4.69) is 12.2 Å². The van der Waals surface area contributed by atoms with E-state index < -0.39 is 9.84 Å². The molecule has 0 heterocycles. The first-order valence-electron chi connectivity index (χ1n) is 6.83. The molecule has 1 aliphatic carbocycles. The second-order valence-corrected chi connectivity index (χ2v) is 8.06. The third-order valence-electron chi connectivity index (χ3n) is 4.00. The average Bonchev–Trinajstić information content (AvgIpc) is 3.17. The molecule has 0 amide bonds. The summed E-state index contributed by atoms with van der Waals surface area (Å²) in [6.07, 6.45) is 3.26. The van der Waals surface area contributed by atoms with Crippen molar-refractivity contribution in [3.8, 4) is 0 Å². The maximum atomic E-state index is 11.6. The molecule has 1 fully saturated rings. The van der Waals surface area contributed by atoms with E-state index in [-0.39, 0.29) is 11.2 Å². The molecule has 1 rings (SSSR count). The minimum absolute atomic E-state index is 0.121. The standard InChI is InChI=1S/C13H27NO3S/c1-4-18(15,16)10-7-13(2,12-5-6-12)11-14-8-9-17-3/h12,14H,4-11H2,1-3H3. The Balaban J connectivity index is 2.42. The second-order valence-electron chi connectivity index (χ2n) is 5.58. The minimum Gasteiger partial charge on any atom is -0.383 e. The Kier molecular flexibility index (Phi) is 6.08. The molecule has 0 aromatic carbocycles. The summed E-state index contributed by atoms with van der Waals surface area (Å²) < 4.78 is 28.3. The summed E-state index contributed by atoms with van der Waals surface area (Å²) >= 11 is 0. The minimum atomic E-state index is -2.85. The molecule has 0 saturated heterocycles. The largest absolute Gasteiger partial charge is 0.383 e. The maximum absolute atomic E-state index is 11.6. The van der Waals surface area contributed by atoms with Crippen LogP contribution >= 0.6 is 0 Å². The van der Waals surface area contributed by atoms with E-state index >= 15 is 0 Å². The third kappa shape index (κ3) is 5.24. The summed E-state index contributed by atoms with van der Waals surface area (Å²) in [4.78, 5) is 0. The van der Waals surface area contributed by atoms with Gasteiger partial charge in [0.25, 0.3) is 0 Å². The van der Waals surface area contributed by atoms with Crippen molar-refractivity contribution in [2.24, 2.45) is 11.3 Å². The van der Waals surface area contributed by atoms with Crippen LogP contribution in [-0.2, 0) is 14.6 Å². The van der Waals surface area contributed by atoms with Crippen LogP contribution in [0.5, 0.6) is 0 Å². The number of ether oxygens (including phenoxy) is 1. The first kappa shape index (κ1) is 15.9. The van der Waals surface area contributed by atoms with Crippen molar-refractivity contribution in [1.82, 2.24) is 5.32 Å². The molecule has 4 nitrogen and oxygen atoms in total.